The minimum absolute atomic E-state index is 0.00913. The molecule has 3 rings (SSSR count). The second-order valence-corrected chi connectivity index (χ2v) is 10.8. The summed E-state index contributed by atoms with van der Waals surface area (Å²) in [6.07, 6.45) is 3.57. The summed E-state index contributed by atoms with van der Waals surface area (Å²) in [7, 11) is 3.67. The van der Waals surface area contributed by atoms with Crippen LogP contribution in [0.15, 0.2) is 24.3 Å². The van der Waals surface area contributed by atoms with Crippen molar-refractivity contribution in [3.8, 4) is 0 Å². The normalized spacial score (nSPS) is 21.3. The molecule has 0 radical (unpaired) electrons. The smallest absolute Gasteiger partial charge is 0.410 e. The first kappa shape index (κ1) is 25.6. The fourth-order valence-corrected chi connectivity index (χ4v) is 4.71. The Morgan fingerprint density at radius 2 is 1.67 bits per heavy atom. The van der Waals surface area contributed by atoms with Crippen LogP contribution in [0.4, 0.5) is 9.59 Å². The molecule has 2 aliphatic heterocycles. The largest absolute Gasteiger partial charge is 0.444 e. The molecular weight excluding hydrogens is 440 g/mol. The maximum absolute atomic E-state index is 13.1. The van der Waals surface area contributed by atoms with E-state index in [2.05, 4.69) is 17.0 Å². The van der Waals surface area contributed by atoms with Crippen LogP contribution in [0.3, 0.4) is 0 Å². The van der Waals surface area contributed by atoms with Gasteiger partial charge in [0.05, 0.1) is 6.04 Å². The lowest BCUT2D eigenvalue weighted by molar-refractivity contribution is 0.0229. The topological polar surface area (TPSA) is 56.3 Å². The number of halogens is 1. The van der Waals surface area contributed by atoms with Gasteiger partial charge in [0.15, 0.2) is 0 Å². The number of nitrogens with zero attached hydrogens (tertiary/aromatic N) is 4. The van der Waals surface area contributed by atoms with Crippen molar-refractivity contribution < 1.29 is 14.3 Å². The summed E-state index contributed by atoms with van der Waals surface area (Å²) in [5.74, 6) is 0. The molecule has 2 aliphatic rings. The van der Waals surface area contributed by atoms with Crippen LogP contribution in [0.5, 0.6) is 0 Å². The predicted octanol–water partition coefficient (Wildman–Crippen LogP) is 4.34. The number of carbonyl (C=O) groups is 2. The van der Waals surface area contributed by atoms with Crippen molar-refractivity contribution in [2.75, 3.05) is 46.8 Å². The average Bonchev–Trinajstić information content (AvgIpc) is 3.42. The second-order valence-electron chi connectivity index (χ2n) is 10.3. The molecule has 2 fully saturated rings. The van der Waals surface area contributed by atoms with E-state index in [0.717, 1.165) is 50.3 Å². The Kier molecular flexibility index (Phi) is 8.51. The summed E-state index contributed by atoms with van der Waals surface area (Å²) in [6.45, 7) is 9.77. The third-order valence-corrected chi connectivity index (χ3v) is 6.87. The number of likely N-dealkylation sites (N-methyl/N-ethyl adjacent to an activating group) is 2. The van der Waals surface area contributed by atoms with E-state index in [-0.39, 0.29) is 24.2 Å². The number of ether oxygens (including phenoxy) is 1. The Hall–Kier alpha value is -1.99. The van der Waals surface area contributed by atoms with Gasteiger partial charge in [0.25, 0.3) is 0 Å². The third kappa shape index (κ3) is 7.24. The fraction of sp³-hybridized carbons (Fsp3) is 0.680. The van der Waals surface area contributed by atoms with Gasteiger partial charge in [-0.3, -0.25) is 0 Å². The predicted molar refractivity (Wildman–Crippen MR) is 132 cm³/mol. The number of rotatable bonds is 6. The van der Waals surface area contributed by atoms with E-state index in [1.54, 1.807) is 11.9 Å². The quantitative estimate of drug-likeness (QED) is 0.610. The van der Waals surface area contributed by atoms with Gasteiger partial charge in [0, 0.05) is 51.3 Å². The van der Waals surface area contributed by atoms with E-state index in [4.69, 9.17) is 16.3 Å². The maximum Gasteiger partial charge on any atom is 0.410 e. The Balaban J connectivity index is 1.41. The Morgan fingerprint density at radius 3 is 2.33 bits per heavy atom. The molecule has 7 nitrogen and oxygen atoms in total. The van der Waals surface area contributed by atoms with E-state index < -0.39 is 5.60 Å². The molecule has 0 bridgehead atoms. The van der Waals surface area contributed by atoms with Crippen LogP contribution < -0.4 is 0 Å². The molecule has 8 heteroatoms. The van der Waals surface area contributed by atoms with Crippen molar-refractivity contribution in [3.05, 3.63) is 34.9 Å². The lowest BCUT2D eigenvalue weighted by atomic mass is 10.1. The van der Waals surface area contributed by atoms with Gasteiger partial charge in [-0.05, 0) is 70.7 Å². The molecule has 3 amide bonds. The fourth-order valence-electron chi connectivity index (χ4n) is 4.58. The highest BCUT2D eigenvalue weighted by molar-refractivity contribution is 6.30. The lowest BCUT2D eigenvalue weighted by Gasteiger charge is -2.31. The number of hydrogen-bond donors (Lipinski definition) is 0. The van der Waals surface area contributed by atoms with Gasteiger partial charge in [-0.15, -0.1) is 0 Å². The first-order valence-electron chi connectivity index (χ1n) is 12.0. The molecular formula is C25H39ClN4O3. The van der Waals surface area contributed by atoms with E-state index in [0.29, 0.717) is 13.1 Å². The molecule has 1 aromatic carbocycles. The SMILES string of the molecule is CN(C(=O)OC(C)(C)C)[C@H]1CCN(C(=O)N(C)[C@@H]2CCN(CCCc3ccc(Cl)cc3)C2)C1. The first-order valence-corrected chi connectivity index (χ1v) is 12.4. The van der Waals surface area contributed by atoms with Crippen LogP contribution in [-0.4, -0.2) is 96.2 Å². The van der Waals surface area contributed by atoms with Crippen molar-refractivity contribution >= 4 is 23.7 Å². The number of aryl methyl sites for hydroxylation is 1. The zero-order valence-electron chi connectivity index (χ0n) is 20.7. The molecule has 2 saturated heterocycles. The highest BCUT2D eigenvalue weighted by atomic mass is 35.5. The molecule has 184 valence electrons. The van der Waals surface area contributed by atoms with Crippen LogP contribution in [-0.2, 0) is 11.2 Å². The molecule has 0 spiro atoms. The minimum Gasteiger partial charge on any atom is -0.444 e. The van der Waals surface area contributed by atoms with Crippen molar-refractivity contribution in [1.82, 2.24) is 19.6 Å². The van der Waals surface area contributed by atoms with Crippen molar-refractivity contribution in [1.29, 1.82) is 0 Å². The van der Waals surface area contributed by atoms with E-state index >= 15 is 0 Å². The Morgan fingerprint density at radius 1 is 1.03 bits per heavy atom. The number of urea groups is 1. The first-order chi connectivity index (χ1) is 15.5. The molecule has 0 saturated carbocycles. The van der Waals surface area contributed by atoms with Gasteiger partial charge in [-0.2, -0.15) is 0 Å². The molecule has 0 unspecified atom stereocenters. The number of benzene rings is 1. The van der Waals surface area contributed by atoms with Crippen LogP contribution in [0.2, 0.25) is 5.02 Å². The van der Waals surface area contributed by atoms with E-state index in [1.807, 2.05) is 49.8 Å². The average molecular weight is 479 g/mol. The van der Waals surface area contributed by atoms with Crippen LogP contribution >= 0.6 is 11.6 Å². The summed E-state index contributed by atoms with van der Waals surface area (Å²) in [4.78, 5) is 33.3. The summed E-state index contributed by atoms with van der Waals surface area (Å²) in [5, 5.41) is 0.773. The van der Waals surface area contributed by atoms with Crippen LogP contribution in [0, 0.1) is 0 Å². The molecule has 33 heavy (non-hydrogen) atoms. The van der Waals surface area contributed by atoms with E-state index in [9.17, 15) is 9.59 Å². The summed E-state index contributed by atoms with van der Waals surface area (Å²) in [5.41, 5.74) is 0.783. The number of carbonyl (C=O) groups excluding carboxylic acids is 2. The second kappa shape index (κ2) is 11.0. The number of amides is 3. The third-order valence-electron chi connectivity index (χ3n) is 6.61. The minimum atomic E-state index is -0.525. The number of likely N-dealkylation sites (tertiary alicyclic amines) is 2. The monoisotopic (exact) mass is 478 g/mol. The Labute approximate surface area is 203 Å². The van der Waals surface area contributed by atoms with Gasteiger partial charge in [0.1, 0.15) is 5.60 Å². The molecule has 0 aliphatic carbocycles. The Bertz CT molecular complexity index is 811. The van der Waals surface area contributed by atoms with Gasteiger partial charge in [0.2, 0.25) is 0 Å². The zero-order valence-corrected chi connectivity index (χ0v) is 21.5. The summed E-state index contributed by atoms with van der Waals surface area (Å²) < 4.78 is 5.48. The molecule has 2 atom stereocenters. The summed E-state index contributed by atoms with van der Waals surface area (Å²) >= 11 is 5.96. The van der Waals surface area contributed by atoms with Gasteiger partial charge in [-0.1, -0.05) is 23.7 Å². The lowest BCUT2D eigenvalue weighted by Crippen LogP contribution is -2.48. The maximum atomic E-state index is 13.1. The molecule has 0 N–H and O–H groups in total. The van der Waals surface area contributed by atoms with Crippen molar-refractivity contribution in [2.24, 2.45) is 0 Å². The van der Waals surface area contributed by atoms with Crippen molar-refractivity contribution in [2.45, 2.75) is 64.1 Å². The van der Waals surface area contributed by atoms with Crippen molar-refractivity contribution in [3.63, 3.8) is 0 Å². The van der Waals surface area contributed by atoms with Crippen LogP contribution in [0.25, 0.3) is 0 Å². The summed E-state index contributed by atoms with van der Waals surface area (Å²) in [6, 6.07) is 8.34. The molecule has 1 aromatic rings. The molecule has 0 aromatic heterocycles. The standard InChI is InChI=1S/C25H39ClN4O3/c1-25(2,3)33-24(32)28(5)22-13-16-30(18-22)23(31)27(4)21-12-15-29(17-21)14-6-7-19-8-10-20(26)11-9-19/h8-11,21-22H,6-7,12-18H2,1-5H3/t21-,22+/m1/s1. The zero-order chi connectivity index (χ0) is 24.2. The number of hydrogen-bond acceptors (Lipinski definition) is 4. The highest BCUT2D eigenvalue weighted by Crippen LogP contribution is 2.22. The highest BCUT2D eigenvalue weighted by Gasteiger charge is 2.36. The van der Waals surface area contributed by atoms with Gasteiger partial charge in [-0.25, -0.2) is 9.59 Å². The van der Waals surface area contributed by atoms with Gasteiger partial charge < -0.3 is 24.3 Å². The molecule has 2 heterocycles. The van der Waals surface area contributed by atoms with Gasteiger partial charge >= 0.3 is 12.1 Å². The van der Waals surface area contributed by atoms with Crippen LogP contribution in [0.1, 0.15) is 45.6 Å². The van der Waals surface area contributed by atoms with E-state index in [1.165, 1.54) is 5.56 Å².